The van der Waals surface area contributed by atoms with Crippen LogP contribution in [0, 0.1) is 12.3 Å². The van der Waals surface area contributed by atoms with Crippen molar-refractivity contribution in [2.75, 3.05) is 6.54 Å². The van der Waals surface area contributed by atoms with Gasteiger partial charge in [0, 0.05) is 12.0 Å². The molecule has 0 saturated heterocycles. The van der Waals surface area contributed by atoms with Crippen LogP contribution < -0.4 is 5.73 Å². The van der Waals surface area contributed by atoms with Crippen LogP contribution in [-0.4, -0.2) is 11.7 Å². The molecular weight excluding hydrogens is 226 g/mol. The van der Waals surface area contributed by atoms with Gasteiger partial charge >= 0.3 is 0 Å². The molecule has 3 heteroatoms. The molecule has 1 aromatic heterocycles. The van der Waals surface area contributed by atoms with Crippen molar-refractivity contribution in [1.29, 1.82) is 0 Å². The van der Waals surface area contributed by atoms with E-state index in [4.69, 9.17) is 10.2 Å². The van der Waals surface area contributed by atoms with Crippen molar-refractivity contribution in [2.24, 2.45) is 11.1 Å². The van der Waals surface area contributed by atoms with Gasteiger partial charge in [0.1, 0.15) is 17.6 Å². The first-order valence-electron chi connectivity index (χ1n) is 7.12. The fraction of sp³-hybridized carbons (Fsp3) is 0.733. The maximum atomic E-state index is 10.7. The molecule has 2 rings (SSSR count). The van der Waals surface area contributed by atoms with Crippen molar-refractivity contribution >= 4 is 0 Å². The number of aliphatic hydroxyl groups is 1. The van der Waals surface area contributed by atoms with E-state index in [0.717, 1.165) is 31.4 Å². The number of furan rings is 1. The van der Waals surface area contributed by atoms with E-state index in [1.165, 1.54) is 19.3 Å². The predicted octanol–water partition coefficient (Wildman–Crippen LogP) is 3.31. The molecule has 1 unspecified atom stereocenters. The second-order valence-corrected chi connectivity index (χ2v) is 5.69. The van der Waals surface area contributed by atoms with Gasteiger partial charge in [-0.3, -0.25) is 0 Å². The van der Waals surface area contributed by atoms with E-state index >= 15 is 0 Å². The second kappa shape index (κ2) is 5.89. The molecule has 1 aromatic rings. The van der Waals surface area contributed by atoms with E-state index < -0.39 is 6.10 Å². The van der Waals surface area contributed by atoms with Gasteiger partial charge in [-0.15, -0.1) is 0 Å². The Hall–Kier alpha value is -0.800. The van der Waals surface area contributed by atoms with E-state index in [9.17, 15) is 5.11 Å². The summed E-state index contributed by atoms with van der Waals surface area (Å²) in [5.41, 5.74) is 5.81. The monoisotopic (exact) mass is 251 g/mol. The smallest absolute Gasteiger partial charge is 0.133 e. The van der Waals surface area contributed by atoms with E-state index in [1.54, 1.807) is 0 Å². The molecular formula is C15H25NO2. The van der Waals surface area contributed by atoms with Crippen LogP contribution in [0.3, 0.4) is 0 Å². The van der Waals surface area contributed by atoms with Crippen LogP contribution in [-0.2, 0) is 0 Å². The minimum atomic E-state index is -0.561. The summed E-state index contributed by atoms with van der Waals surface area (Å²) in [5.74, 6) is 1.53. The fourth-order valence-electron chi connectivity index (χ4n) is 3.10. The zero-order valence-corrected chi connectivity index (χ0v) is 11.3. The lowest BCUT2D eigenvalue weighted by molar-refractivity contribution is -0.00641. The lowest BCUT2D eigenvalue weighted by Crippen LogP contribution is -2.37. The molecule has 0 aromatic carbocycles. The first-order valence-corrected chi connectivity index (χ1v) is 7.12. The number of aliphatic hydroxyl groups excluding tert-OH is 1. The standard InChI is InChI=1S/C15H25NO2/c1-12-7-8-13(18-12)14(17)15(11-16)9-5-3-2-4-6-10-15/h7-8,14,17H,2-6,9-11,16H2,1H3. The minimum Gasteiger partial charge on any atom is -0.464 e. The predicted molar refractivity (Wildman–Crippen MR) is 72.2 cm³/mol. The first-order chi connectivity index (χ1) is 8.68. The highest BCUT2D eigenvalue weighted by Gasteiger charge is 2.38. The topological polar surface area (TPSA) is 59.4 Å². The molecule has 3 N–H and O–H groups in total. The minimum absolute atomic E-state index is 0.190. The highest BCUT2D eigenvalue weighted by molar-refractivity contribution is 5.11. The summed E-state index contributed by atoms with van der Waals surface area (Å²) in [4.78, 5) is 0. The van der Waals surface area contributed by atoms with Crippen LogP contribution >= 0.6 is 0 Å². The average molecular weight is 251 g/mol. The van der Waals surface area contributed by atoms with Crippen LogP contribution in [0.4, 0.5) is 0 Å². The lowest BCUT2D eigenvalue weighted by atomic mass is 9.71. The molecule has 0 spiro atoms. The van der Waals surface area contributed by atoms with Gasteiger partial charge in [-0.2, -0.15) is 0 Å². The Kier molecular flexibility index (Phi) is 4.46. The third-order valence-electron chi connectivity index (χ3n) is 4.37. The fourth-order valence-corrected chi connectivity index (χ4v) is 3.10. The summed E-state index contributed by atoms with van der Waals surface area (Å²) >= 11 is 0. The molecule has 1 aliphatic rings. The summed E-state index contributed by atoms with van der Waals surface area (Å²) in [7, 11) is 0. The molecule has 1 saturated carbocycles. The van der Waals surface area contributed by atoms with Crippen LogP contribution in [0.15, 0.2) is 16.5 Å². The van der Waals surface area contributed by atoms with E-state index in [0.29, 0.717) is 12.3 Å². The molecule has 0 radical (unpaired) electrons. The molecule has 1 heterocycles. The number of hydrogen-bond donors (Lipinski definition) is 2. The van der Waals surface area contributed by atoms with Gasteiger partial charge in [0.25, 0.3) is 0 Å². The van der Waals surface area contributed by atoms with Gasteiger partial charge in [0.15, 0.2) is 0 Å². The van der Waals surface area contributed by atoms with Crippen LogP contribution in [0.25, 0.3) is 0 Å². The normalized spacial score (nSPS) is 22.2. The summed E-state index contributed by atoms with van der Waals surface area (Å²) < 4.78 is 5.59. The highest BCUT2D eigenvalue weighted by atomic mass is 16.4. The zero-order valence-electron chi connectivity index (χ0n) is 11.3. The van der Waals surface area contributed by atoms with Crippen molar-refractivity contribution < 1.29 is 9.52 Å². The number of nitrogens with two attached hydrogens (primary N) is 1. The van der Waals surface area contributed by atoms with E-state index in [1.807, 2.05) is 19.1 Å². The molecule has 1 aliphatic carbocycles. The average Bonchev–Trinajstić information content (AvgIpc) is 2.76. The number of rotatable bonds is 3. The molecule has 0 aliphatic heterocycles. The van der Waals surface area contributed by atoms with Crippen molar-refractivity contribution in [3.05, 3.63) is 23.7 Å². The number of aryl methyl sites for hydroxylation is 1. The molecule has 0 amide bonds. The summed E-state index contributed by atoms with van der Waals surface area (Å²) in [5, 5.41) is 10.7. The molecule has 102 valence electrons. The SMILES string of the molecule is Cc1ccc(C(O)C2(CN)CCCCCCC2)o1. The third-order valence-corrected chi connectivity index (χ3v) is 4.37. The van der Waals surface area contributed by atoms with Crippen LogP contribution in [0.5, 0.6) is 0 Å². The van der Waals surface area contributed by atoms with Crippen LogP contribution in [0.1, 0.15) is 62.6 Å². The quantitative estimate of drug-likeness (QED) is 0.866. The van der Waals surface area contributed by atoms with Gasteiger partial charge in [-0.05, 0) is 31.9 Å². The molecule has 3 nitrogen and oxygen atoms in total. The Morgan fingerprint density at radius 2 is 1.83 bits per heavy atom. The van der Waals surface area contributed by atoms with Crippen molar-refractivity contribution in [1.82, 2.24) is 0 Å². The van der Waals surface area contributed by atoms with E-state index in [2.05, 4.69) is 0 Å². The van der Waals surface area contributed by atoms with Crippen molar-refractivity contribution in [3.63, 3.8) is 0 Å². The Labute approximate surface area is 109 Å². The van der Waals surface area contributed by atoms with Crippen molar-refractivity contribution in [2.45, 2.75) is 58.0 Å². The summed E-state index contributed by atoms with van der Waals surface area (Å²) in [6.07, 6.45) is 7.60. The largest absolute Gasteiger partial charge is 0.464 e. The Balaban J connectivity index is 2.18. The van der Waals surface area contributed by atoms with Gasteiger partial charge < -0.3 is 15.3 Å². The van der Waals surface area contributed by atoms with Gasteiger partial charge in [0.2, 0.25) is 0 Å². The van der Waals surface area contributed by atoms with Crippen LogP contribution in [0.2, 0.25) is 0 Å². The highest BCUT2D eigenvalue weighted by Crippen LogP contribution is 2.44. The maximum Gasteiger partial charge on any atom is 0.133 e. The van der Waals surface area contributed by atoms with Gasteiger partial charge in [-0.25, -0.2) is 0 Å². The molecule has 1 fully saturated rings. The molecule has 1 atom stereocenters. The Bertz CT molecular complexity index is 364. The molecule has 18 heavy (non-hydrogen) atoms. The number of hydrogen-bond acceptors (Lipinski definition) is 3. The summed E-state index contributed by atoms with van der Waals surface area (Å²) in [6.45, 7) is 2.44. The van der Waals surface area contributed by atoms with Gasteiger partial charge in [0.05, 0.1) is 0 Å². The molecule has 0 bridgehead atoms. The lowest BCUT2D eigenvalue weighted by Gasteiger charge is -2.37. The Morgan fingerprint density at radius 1 is 1.22 bits per heavy atom. The zero-order chi connectivity index (χ0) is 13.0. The van der Waals surface area contributed by atoms with E-state index in [-0.39, 0.29) is 5.41 Å². The van der Waals surface area contributed by atoms with Gasteiger partial charge in [-0.1, -0.05) is 32.1 Å². The Morgan fingerprint density at radius 3 is 2.33 bits per heavy atom. The second-order valence-electron chi connectivity index (χ2n) is 5.69. The maximum absolute atomic E-state index is 10.7. The van der Waals surface area contributed by atoms with Crippen molar-refractivity contribution in [3.8, 4) is 0 Å². The summed E-state index contributed by atoms with van der Waals surface area (Å²) in [6, 6.07) is 3.79. The third kappa shape index (κ3) is 2.78. The first kappa shape index (κ1) is 13.6.